The van der Waals surface area contributed by atoms with Crippen molar-refractivity contribution >= 4 is 39.9 Å². The van der Waals surface area contributed by atoms with Crippen LogP contribution in [-0.4, -0.2) is 11.9 Å². The van der Waals surface area contributed by atoms with Gasteiger partial charge in [0.15, 0.2) is 0 Å². The molecule has 1 aliphatic heterocycles. The maximum Gasteiger partial charge on any atom is 0.247 e. The summed E-state index contributed by atoms with van der Waals surface area (Å²) in [6.07, 6.45) is 0.741. The standard InChI is InChI=1S/C16H15IN2O/c1-10-8-12(17)6-7-13(10)19-16(20)15-9-11-4-2-3-5-14(11)18-15/h2-8,15,18H,9H2,1H3,(H,19,20). The number of anilines is 2. The maximum atomic E-state index is 12.3. The van der Waals surface area contributed by atoms with Crippen molar-refractivity contribution in [2.75, 3.05) is 10.6 Å². The van der Waals surface area contributed by atoms with Crippen LogP contribution in [0.1, 0.15) is 11.1 Å². The molecule has 3 nitrogen and oxygen atoms in total. The van der Waals surface area contributed by atoms with Crippen molar-refractivity contribution < 1.29 is 4.79 Å². The molecule has 1 heterocycles. The van der Waals surface area contributed by atoms with Gasteiger partial charge in [0.2, 0.25) is 5.91 Å². The maximum absolute atomic E-state index is 12.3. The second kappa shape index (κ2) is 5.44. The number of hydrogen-bond donors (Lipinski definition) is 2. The first-order chi connectivity index (χ1) is 9.63. The average molecular weight is 378 g/mol. The van der Waals surface area contributed by atoms with Gasteiger partial charge in [0.1, 0.15) is 6.04 Å². The molecule has 0 spiro atoms. The zero-order valence-electron chi connectivity index (χ0n) is 11.1. The lowest BCUT2D eigenvalue weighted by atomic mass is 10.1. The fourth-order valence-corrected chi connectivity index (χ4v) is 3.09. The van der Waals surface area contributed by atoms with E-state index in [2.05, 4.69) is 45.4 Å². The summed E-state index contributed by atoms with van der Waals surface area (Å²) in [6.45, 7) is 2.01. The molecular weight excluding hydrogens is 363 g/mol. The Morgan fingerprint density at radius 2 is 2.10 bits per heavy atom. The summed E-state index contributed by atoms with van der Waals surface area (Å²) in [6, 6.07) is 13.9. The number of aryl methyl sites for hydroxylation is 1. The molecule has 3 rings (SSSR count). The van der Waals surface area contributed by atoms with Gasteiger partial charge in [0.05, 0.1) is 0 Å². The molecule has 1 atom stereocenters. The molecule has 20 heavy (non-hydrogen) atoms. The van der Waals surface area contributed by atoms with Crippen LogP contribution >= 0.6 is 22.6 Å². The molecule has 2 aromatic rings. The molecule has 2 aromatic carbocycles. The molecule has 0 radical (unpaired) electrons. The molecule has 0 fully saturated rings. The Hall–Kier alpha value is -1.56. The second-order valence-corrected chi connectivity index (χ2v) is 6.25. The minimum Gasteiger partial charge on any atom is -0.373 e. The van der Waals surface area contributed by atoms with Gasteiger partial charge < -0.3 is 10.6 Å². The van der Waals surface area contributed by atoms with Crippen LogP contribution < -0.4 is 10.6 Å². The Labute approximate surface area is 131 Å². The van der Waals surface area contributed by atoms with Crippen LogP contribution in [0.2, 0.25) is 0 Å². The molecule has 0 aliphatic carbocycles. The third kappa shape index (κ3) is 2.65. The number of hydrogen-bond acceptors (Lipinski definition) is 2. The number of nitrogens with one attached hydrogen (secondary N) is 2. The number of fused-ring (bicyclic) bond motifs is 1. The van der Waals surface area contributed by atoms with Crippen LogP contribution in [0.3, 0.4) is 0 Å². The summed E-state index contributed by atoms with van der Waals surface area (Å²) in [5, 5.41) is 6.28. The number of para-hydroxylation sites is 1. The van der Waals surface area contributed by atoms with E-state index in [-0.39, 0.29) is 11.9 Å². The Balaban J connectivity index is 1.72. The van der Waals surface area contributed by atoms with E-state index in [4.69, 9.17) is 0 Å². The van der Waals surface area contributed by atoms with Crippen molar-refractivity contribution in [3.8, 4) is 0 Å². The zero-order valence-corrected chi connectivity index (χ0v) is 13.3. The molecular formula is C16H15IN2O. The van der Waals surface area contributed by atoms with Crippen LogP contribution in [0, 0.1) is 10.5 Å². The summed E-state index contributed by atoms with van der Waals surface area (Å²) >= 11 is 2.27. The summed E-state index contributed by atoms with van der Waals surface area (Å²) in [5.74, 6) is 0.0190. The largest absolute Gasteiger partial charge is 0.373 e. The van der Waals surface area contributed by atoms with Crippen molar-refractivity contribution in [3.63, 3.8) is 0 Å². The molecule has 2 N–H and O–H groups in total. The van der Waals surface area contributed by atoms with Gasteiger partial charge in [-0.15, -0.1) is 0 Å². The van der Waals surface area contributed by atoms with E-state index in [0.29, 0.717) is 0 Å². The van der Waals surface area contributed by atoms with Gasteiger partial charge in [0.25, 0.3) is 0 Å². The Bertz CT molecular complexity index is 644. The van der Waals surface area contributed by atoms with E-state index in [1.807, 2.05) is 37.3 Å². The topological polar surface area (TPSA) is 41.1 Å². The minimum atomic E-state index is -0.189. The van der Waals surface area contributed by atoms with Crippen LogP contribution in [-0.2, 0) is 11.2 Å². The van der Waals surface area contributed by atoms with Crippen molar-refractivity contribution in [2.24, 2.45) is 0 Å². The number of carbonyl (C=O) groups excluding carboxylic acids is 1. The predicted octanol–water partition coefficient (Wildman–Crippen LogP) is 3.57. The lowest BCUT2D eigenvalue weighted by Gasteiger charge is -2.13. The fraction of sp³-hybridized carbons (Fsp3) is 0.188. The Morgan fingerprint density at radius 3 is 2.85 bits per heavy atom. The van der Waals surface area contributed by atoms with E-state index < -0.39 is 0 Å². The van der Waals surface area contributed by atoms with E-state index in [9.17, 15) is 4.79 Å². The highest BCUT2D eigenvalue weighted by molar-refractivity contribution is 14.1. The number of halogens is 1. The van der Waals surface area contributed by atoms with Crippen molar-refractivity contribution in [2.45, 2.75) is 19.4 Å². The van der Waals surface area contributed by atoms with E-state index in [1.54, 1.807) is 0 Å². The summed E-state index contributed by atoms with van der Waals surface area (Å²) in [4.78, 5) is 12.3. The molecule has 0 bridgehead atoms. The smallest absolute Gasteiger partial charge is 0.247 e. The molecule has 0 aromatic heterocycles. The van der Waals surface area contributed by atoms with Gasteiger partial charge in [0, 0.05) is 21.4 Å². The van der Waals surface area contributed by atoms with Gasteiger partial charge in [-0.2, -0.15) is 0 Å². The minimum absolute atomic E-state index is 0.0190. The van der Waals surface area contributed by atoms with Crippen LogP contribution in [0.4, 0.5) is 11.4 Å². The van der Waals surface area contributed by atoms with Crippen molar-refractivity contribution in [1.82, 2.24) is 0 Å². The SMILES string of the molecule is Cc1cc(I)ccc1NC(=O)C1Cc2ccccc2N1. The van der Waals surface area contributed by atoms with E-state index in [1.165, 1.54) is 9.13 Å². The van der Waals surface area contributed by atoms with Crippen molar-refractivity contribution in [1.29, 1.82) is 0 Å². The van der Waals surface area contributed by atoms with Gasteiger partial charge in [-0.3, -0.25) is 4.79 Å². The third-order valence-electron chi connectivity index (χ3n) is 3.53. The van der Waals surface area contributed by atoms with Gasteiger partial charge in [-0.25, -0.2) is 0 Å². The second-order valence-electron chi connectivity index (χ2n) is 5.01. The summed E-state index contributed by atoms with van der Waals surface area (Å²) in [7, 11) is 0. The van der Waals surface area contributed by atoms with Crippen LogP contribution in [0.15, 0.2) is 42.5 Å². The predicted molar refractivity (Wildman–Crippen MR) is 90.1 cm³/mol. The Kier molecular flexibility index (Phi) is 3.65. The Morgan fingerprint density at radius 1 is 1.30 bits per heavy atom. The highest BCUT2D eigenvalue weighted by atomic mass is 127. The fourth-order valence-electron chi connectivity index (χ4n) is 2.44. The average Bonchev–Trinajstić information content (AvgIpc) is 2.86. The molecule has 1 amide bonds. The first-order valence-electron chi connectivity index (χ1n) is 6.55. The summed E-state index contributed by atoms with van der Waals surface area (Å²) in [5.41, 5.74) is 4.23. The molecule has 0 saturated heterocycles. The molecule has 1 aliphatic rings. The monoisotopic (exact) mass is 378 g/mol. The summed E-state index contributed by atoms with van der Waals surface area (Å²) < 4.78 is 1.17. The lowest BCUT2D eigenvalue weighted by molar-refractivity contribution is -0.116. The van der Waals surface area contributed by atoms with E-state index >= 15 is 0 Å². The quantitative estimate of drug-likeness (QED) is 0.785. The highest BCUT2D eigenvalue weighted by Gasteiger charge is 2.26. The first-order valence-corrected chi connectivity index (χ1v) is 7.63. The third-order valence-corrected chi connectivity index (χ3v) is 4.20. The normalized spacial score (nSPS) is 16.4. The molecule has 0 saturated carbocycles. The highest BCUT2D eigenvalue weighted by Crippen LogP contribution is 2.26. The number of amides is 1. The van der Waals surface area contributed by atoms with E-state index in [0.717, 1.165) is 23.4 Å². The lowest BCUT2D eigenvalue weighted by Crippen LogP contribution is -2.33. The molecule has 102 valence electrons. The van der Waals surface area contributed by atoms with Gasteiger partial charge >= 0.3 is 0 Å². The van der Waals surface area contributed by atoms with Gasteiger partial charge in [-0.05, 0) is 64.9 Å². The molecule has 1 unspecified atom stereocenters. The first kappa shape index (κ1) is 13.4. The number of rotatable bonds is 2. The molecule has 4 heteroatoms. The zero-order chi connectivity index (χ0) is 14.1. The number of carbonyl (C=O) groups is 1. The van der Waals surface area contributed by atoms with Crippen LogP contribution in [0.25, 0.3) is 0 Å². The van der Waals surface area contributed by atoms with Crippen LogP contribution in [0.5, 0.6) is 0 Å². The number of benzene rings is 2. The van der Waals surface area contributed by atoms with Crippen molar-refractivity contribution in [3.05, 3.63) is 57.2 Å². The van der Waals surface area contributed by atoms with Gasteiger partial charge in [-0.1, -0.05) is 18.2 Å².